The monoisotopic (exact) mass is 329 g/mol. The summed E-state index contributed by atoms with van der Waals surface area (Å²) in [7, 11) is -3.53. The van der Waals surface area contributed by atoms with Crippen LogP contribution in [0.15, 0.2) is 41.6 Å². The molecule has 2 rings (SSSR count). The fraction of sp³-hybridized carbons (Fsp3) is 0.308. The molecule has 0 saturated heterocycles. The summed E-state index contributed by atoms with van der Waals surface area (Å²) in [6.07, 6.45) is 3.13. The zero-order valence-electron chi connectivity index (χ0n) is 11.5. The highest BCUT2D eigenvalue weighted by Gasteiger charge is 2.13. The molecule has 0 aliphatic rings. The number of nitrogens with zero attached hydrogens (tertiary/aromatic N) is 2. The highest BCUT2D eigenvalue weighted by atomic mass is 35.5. The first-order valence-corrected chi connectivity index (χ1v) is 8.28. The molecule has 1 aromatic carbocycles. The minimum absolute atomic E-state index is 0.199. The maximum absolute atomic E-state index is 12.1. The third-order valence-corrected chi connectivity index (χ3v) is 4.35. The molecule has 0 aliphatic carbocycles. The number of hydrogen-bond acceptors (Lipinski definition) is 4. The number of benzene rings is 1. The first-order chi connectivity index (χ1) is 10.0. The maximum Gasteiger partial charge on any atom is 0.240 e. The van der Waals surface area contributed by atoms with Crippen LogP contribution < -0.4 is 9.46 Å². The zero-order chi connectivity index (χ0) is 15.3. The number of sulfonamides is 1. The SMILES string of the molecule is CCOc1ccc(S(=O)(=O)NCCn2cc(Cl)cn2)cc1. The molecule has 21 heavy (non-hydrogen) atoms. The second-order valence-corrected chi connectivity index (χ2v) is 6.43. The van der Waals surface area contributed by atoms with Gasteiger partial charge < -0.3 is 4.74 Å². The van der Waals surface area contributed by atoms with Crippen molar-refractivity contribution >= 4 is 21.6 Å². The molecule has 2 aromatic rings. The van der Waals surface area contributed by atoms with Crippen molar-refractivity contribution in [1.82, 2.24) is 14.5 Å². The molecule has 0 bridgehead atoms. The van der Waals surface area contributed by atoms with Crippen LogP contribution in [0.5, 0.6) is 5.75 Å². The van der Waals surface area contributed by atoms with E-state index in [0.29, 0.717) is 23.9 Å². The van der Waals surface area contributed by atoms with Crippen molar-refractivity contribution < 1.29 is 13.2 Å². The van der Waals surface area contributed by atoms with Crippen LogP contribution in [0.2, 0.25) is 5.02 Å². The van der Waals surface area contributed by atoms with E-state index in [-0.39, 0.29) is 11.4 Å². The minimum Gasteiger partial charge on any atom is -0.494 e. The molecule has 1 aromatic heterocycles. The molecule has 0 atom stereocenters. The molecule has 8 heteroatoms. The fourth-order valence-electron chi connectivity index (χ4n) is 1.72. The lowest BCUT2D eigenvalue weighted by atomic mass is 10.3. The van der Waals surface area contributed by atoms with Crippen molar-refractivity contribution in [2.24, 2.45) is 0 Å². The Labute approximate surface area is 128 Å². The van der Waals surface area contributed by atoms with Crippen LogP contribution in [0.1, 0.15) is 6.92 Å². The summed E-state index contributed by atoms with van der Waals surface area (Å²) < 4.78 is 33.5. The van der Waals surface area contributed by atoms with E-state index in [2.05, 4.69) is 9.82 Å². The predicted octanol–water partition coefficient (Wildman–Crippen LogP) is 1.91. The van der Waals surface area contributed by atoms with Gasteiger partial charge in [0.2, 0.25) is 10.0 Å². The van der Waals surface area contributed by atoms with Crippen LogP contribution in [-0.4, -0.2) is 31.3 Å². The topological polar surface area (TPSA) is 73.2 Å². The van der Waals surface area contributed by atoms with E-state index in [0.717, 1.165) is 0 Å². The van der Waals surface area contributed by atoms with E-state index in [1.54, 1.807) is 23.0 Å². The summed E-state index contributed by atoms with van der Waals surface area (Å²) >= 11 is 5.73. The van der Waals surface area contributed by atoms with Crippen LogP contribution in [-0.2, 0) is 16.6 Å². The molecular formula is C13H16ClN3O3S. The van der Waals surface area contributed by atoms with Crippen LogP contribution in [0.4, 0.5) is 0 Å². The molecular weight excluding hydrogens is 314 g/mol. The van der Waals surface area contributed by atoms with Crippen molar-refractivity contribution in [3.05, 3.63) is 41.7 Å². The Bertz CT molecular complexity index is 683. The van der Waals surface area contributed by atoms with Gasteiger partial charge in [-0.2, -0.15) is 5.10 Å². The molecule has 114 valence electrons. The first kappa shape index (κ1) is 15.8. The van der Waals surface area contributed by atoms with Gasteiger partial charge in [-0.05, 0) is 31.2 Å². The van der Waals surface area contributed by atoms with Gasteiger partial charge in [0.25, 0.3) is 0 Å². The van der Waals surface area contributed by atoms with Crippen LogP contribution >= 0.6 is 11.6 Å². The van der Waals surface area contributed by atoms with Gasteiger partial charge in [0.1, 0.15) is 5.75 Å². The minimum atomic E-state index is -3.53. The second-order valence-electron chi connectivity index (χ2n) is 4.22. The molecule has 6 nitrogen and oxygen atoms in total. The van der Waals surface area contributed by atoms with E-state index >= 15 is 0 Å². The van der Waals surface area contributed by atoms with Gasteiger partial charge in [-0.3, -0.25) is 4.68 Å². The molecule has 0 saturated carbocycles. The predicted molar refractivity (Wildman–Crippen MR) is 80.0 cm³/mol. The largest absolute Gasteiger partial charge is 0.494 e. The van der Waals surface area contributed by atoms with E-state index in [4.69, 9.17) is 16.3 Å². The molecule has 1 heterocycles. The molecule has 0 fully saturated rings. The van der Waals surface area contributed by atoms with Gasteiger partial charge in [0.05, 0.1) is 29.3 Å². The Morgan fingerprint density at radius 3 is 2.62 bits per heavy atom. The molecule has 0 amide bonds. The fourth-order valence-corrected chi connectivity index (χ4v) is 2.90. The second kappa shape index (κ2) is 6.93. The summed E-state index contributed by atoms with van der Waals surface area (Å²) in [5, 5.41) is 4.49. The van der Waals surface area contributed by atoms with Crippen molar-refractivity contribution in [2.75, 3.05) is 13.2 Å². The van der Waals surface area contributed by atoms with Crippen molar-refractivity contribution in [2.45, 2.75) is 18.4 Å². The Kier molecular flexibility index (Phi) is 5.22. The maximum atomic E-state index is 12.1. The summed E-state index contributed by atoms with van der Waals surface area (Å²) in [5.74, 6) is 0.641. The van der Waals surface area contributed by atoms with E-state index < -0.39 is 10.0 Å². The first-order valence-electron chi connectivity index (χ1n) is 6.42. The van der Waals surface area contributed by atoms with Crippen LogP contribution in [0.25, 0.3) is 0 Å². The number of rotatable bonds is 7. The van der Waals surface area contributed by atoms with Gasteiger partial charge in [0.15, 0.2) is 0 Å². The Balaban J connectivity index is 1.94. The summed E-state index contributed by atoms with van der Waals surface area (Å²) in [5.41, 5.74) is 0. The van der Waals surface area contributed by atoms with Gasteiger partial charge in [-0.15, -0.1) is 0 Å². The van der Waals surface area contributed by atoms with Crippen molar-refractivity contribution in [1.29, 1.82) is 0 Å². The molecule has 0 aliphatic heterocycles. The normalized spacial score (nSPS) is 11.5. The number of aromatic nitrogens is 2. The van der Waals surface area contributed by atoms with Crippen LogP contribution in [0.3, 0.4) is 0 Å². The highest BCUT2D eigenvalue weighted by molar-refractivity contribution is 7.89. The summed E-state index contributed by atoms with van der Waals surface area (Å²) in [6.45, 7) is 3.04. The molecule has 0 radical (unpaired) electrons. The highest BCUT2D eigenvalue weighted by Crippen LogP contribution is 2.15. The van der Waals surface area contributed by atoms with Crippen molar-refractivity contribution in [3.63, 3.8) is 0 Å². The summed E-state index contributed by atoms with van der Waals surface area (Å²) in [4.78, 5) is 0.199. The lowest BCUT2D eigenvalue weighted by Gasteiger charge is -2.08. The van der Waals surface area contributed by atoms with Gasteiger partial charge >= 0.3 is 0 Å². The van der Waals surface area contributed by atoms with E-state index in [9.17, 15) is 8.42 Å². The van der Waals surface area contributed by atoms with Gasteiger partial charge in [-0.1, -0.05) is 11.6 Å². The average Bonchev–Trinajstić information content (AvgIpc) is 2.85. The Morgan fingerprint density at radius 2 is 2.05 bits per heavy atom. The number of nitrogens with one attached hydrogen (secondary N) is 1. The summed E-state index contributed by atoms with van der Waals surface area (Å²) in [6, 6.07) is 6.28. The zero-order valence-corrected chi connectivity index (χ0v) is 13.1. The number of hydrogen-bond donors (Lipinski definition) is 1. The standard InChI is InChI=1S/C13H16ClN3O3S/c1-2-20-12-3-5-13(6-4-12)21(18,19)16-7-8-17-10-11(14)9-15-17/h3-6,9-10,16H,2,7-8H2,1H3. The number of ether oxygens (including phenoxy) is 1. The quantitative estimate of drug-likeness (QED) is 0.842. The molecule has 0 spiro atoms. The average molecular weight is 330 g/mol. The third-order valence-electron chi connectivity index (χ3n) is 2.68. The molecule has 0 unspecified atom stereocenters. The smallest absolute Gasteiger partial charge is 0.240 e. The molecule has 1 N–H and O–H groups in total. The van der Waals surface area contributed by atoms with Gasteiger partial charge in [-0.25, -0.2) is 13.1 Å². The Hall–Kier alpha value is -1.57. The third kappa shape index (κ3) is 4.45. The van der Waals surface area contributed by atoms with E-state index in [1.807, 2.05) is 6.92 Å². The van der Waals surface area contributed by atoms with Crippen molar-refractivity contribution in [3.8, 4) is 5.75 Å². The van der Waals surface area contributed by atoms with E-state index in [1.165, 1.54) is 18.3 Å². The van der Waals surface area contributed by atoms with Gasteiger partial charge in [0, 0.05) is 12.7 Å². The van der Waals surface area contributed by atoms with Crippen LogP contribution in [0, 0.1) is 0 Å². The number of halogens is 1. The lowest BCUT2D eigenvalue weighted by Crippen LogP contribution is -2.27. The Morgan fingerprint density at radius 1 is 1.33 bits per heavy atom. The lowest BCUT2D eigenvalue weighted by molar-refractivity contribution is 0.340.